The van der Waals surface area contributed by atoms with Gasteiger partial charge in [0.05, 0.1) is 0 Å². The summed E-state index contributed by atoms with van der Waals surface area (Å²) in [4.78, 5) is 8.12. The molecule has 5 heteroatoms. The maximum absolute atomic E-state index is 4.14. The summed E-state index contributed by atoms with van der Waals surface area (Å²) in [7, 11) is 0. The van der Waals surface area contributed by atoms with Crippen molar-refractivity contribution in [2.45, 2.75) is 19.3 Å². The first-order valence-electron chi connectivity index (χ1n) is 4.84. The van der Waals surface area contributed by atoms with Crippen LogP contribution in [0.4, 0.5) is 5.82 Å². The Morgan fingerprint density at radius 1 is 1.21 bits per heavy atom. The van der Waals surface area contributed by atoms with E-state index in [4.69, 9.17) is 0 Å². The molecule has 1 saturated heterocycles. The van der Waals surface area contributed by atoms with Gasteiger partial charge in [0, 0.05) is 19.2 Å². The van der Waals surface area contributed by atoms with Gasteiger partial charge in [-0.3, -0.25) is 0 Å². The van der Waals surface area contributed by atoms with Crippen LogP contribution in [0.25, 0.3) is 0 Å². The Hall–Kier alpha value is -0.680. The van der Waals surface area contributed by atoms with Crippen LogP contribution in [-0.2, 0) is 0 Å². The van der Waals surface area contributed by atoms with Gasteiger partial charge < -0.3 is 5.43 Å². The summed E-state index contributed by atoms with van der Waals surface area (Å²) < 4.78 is 0.812. The Balaban J connectivity index is 1.95. The van der Waals surface area contributed by atoms with E-state index in [2.05, 4.69) is 36.3 Å². The Morgan fingerprint density at radius 2 is 2.00 bits per heavy atom. The molecule has 0 unspecified atom stereocenters. The summed E-state index contributed by atoms with van der Waals surface area (Å²) in [5, 5.41) is 2.21. The molecule has 2 heterocycles. The van der Waals surface area contributed by atoms with E-state index < -0.39 is 0 Å². The van der Waals surface area contributed by atoms with Gasteiger partial charge in [-0.2, -0.15) is 0 Å². The van der Waals surface area contributed by atoms with E-state index in [1.165, 1.54) is 19.3 Å². The van der Waals surface area contributed by atoms with Crippen LogP contribution in [-0.4, -0.2) is 28.1 Å². The van der Waals surface area contributed by atoms with Gasteiger partial charge in [-0.1, -0.05) is 6.42 Å². The zero-order valence-corrected chi connectivity index (χ0v) is 9.50. The van der Waals surface area contributed by atoms with E-state index in [0.717, 1.165) is 23.5 Å². The lowest BCUT2D eigenvalue weighted by atomic mass is 10.2. The van der Waals surface area contributed by atoms with E-state index in [0.29, 0.717) is 0 Å². The molecule has 14 heavy (non-hydrogen) atoms. The van der Waals surface area contributed by atoms with Gasteiger partial charge in [0.2, 0.25) is 0 Å². The first kappa shape index (κ1) is 9.86. The standard InChI is InChI=1S/C9H13BrN4/c10-8-6-9(12-7-11-8)13-14-4-2-1-3-5-14/h6-7H,1-5H2,(H,11,12,13). The number of hydrogen-bond donors (Lipinski definition) is 1. The van der Waals surface area contributed by atoms with Crippen LogP contribution >= 0.6 is 15.9 Å². The Bertz CT molecular complexity index is 299. The summed E-state index contributed by atoms with van der Waals surface area (Å²) in [5.41, 5.74) is 3.27. The molecule has 1 aromatic rings. The highest BCUT2D eigenvalue weighted by molar-refractivity contribution is 9.10. The lowest BCUT2D eigenvalue weighted by Crippen LogP contribution is -2.35. The van der Waals surface area contributed by atoms with Gasteiger partial charge in [-0.05, 0) is 28.8 Å². The molecule has 0 radical (unpaired) electrons. The number of hydrazine groups is 1. The van der Waals surface area contributed by atoms with E-state index in [-0.39, 0.29) is 0 Å². The number of nitrogens with one attached hydrogen (secondary N) is 1. The van der Waals surface area contributed by atoms with Gasteiger partial charge in [-0.15, -0.1) is 0 Å². The van der Waals surface area contributed by atoms with E-state index in [9.17, 15) is 0 Å². The molecule has 1 aliphatic rings. The van der Waals surface area contributed by atoms with Gasteiger partial charge in [0.15, 0.2) is 0 Å². The van der Waals surface area contributed by atoms with Crippen LogP contribution in [0.1, 0.15) is 19.3 Å². The Morgan fingerprint density at radius 3 is 2.71 bits per heavy atom. The molecule has 0 aromatic carbocycles. The van der Waals surface area contributed by atoms with Crippen LogP contribution < -0.4 is 5.43 Å². The second kappa shape index (κ2) is 4.70. The number of piperidine rings is 1. The van der Waals surface area contributed by atoms with Crippen molar-refractivity contribution in [1.82, 2.24) is 15.0 Å². The molecule has 1 aromatic heterocycles. The third-order valence-electron chi connectivity index (χ3n) is 2.26. The van der Waals surface area contributed by atoms with Gasteiger partial charge >= 0.3 is 0 Å². The minimum atomic E-state index is 0.812. The van der Waals surface area contributed by atoms with Gasteiger partial charge in [-0.25, -0.2) is 15.0 Å². The van der Waals surface area contributed by atoms with Gasteiger partial charge in [0.1, 0.15) is 16.7 Å². The normalized spacial score (nSPS) is 18.1. The van der Waals surface area contributed by atoms with Crippen LogP contribution in [0.2, 0.25) is 0 Å². The van der Waals surface area contributed by atoms with Crippen molar-refractivity contribution in [2.75, 3.05) is 18.5 Å². The smallest absolute Gasteiger partial charge is 0.144 e. The molecule has 1 aliphatic heterocycles. The maximum Gasteiger partial charge on any atom is 0.144 e. The van der Waals surface area contributed by atoms with E-state index >= 15 is 0 Å². The molecule has 4 nitrogen and oxygen atoms in total. The largest absolute Gasteiger partial charge is 0.303 e. The molecule has 0 saturated carbocycles. The fourth-order valence-electron chi connectivity index (χ4n) is 1.56. The quantitative estimate of drug-likeness (QED) is 0.823. The molecule has 0 bridgehead atoms. The highest BCUT2D eigenvalue weighted by Gasteiger charge is 2.09. The van der Waals surface area contributed by atoms with E-state index in [1.807, 2.05) is 6.07 Å². The van der Waals surface area contributed by atoms with Crippen molar-refractivity contribution in [2.24, 2.45) is 0 Å². The number of rotatable bonds is 2. The minimum Gasteiger partial charge on any atom is -0.303 e. The Kier molecular flexibility index (Phi) is 3.31. The molecule has 1 N–H and O–H groups in total. The van der Waals surface area contributed by atoms with Crippen LogP contribution in [0.5, 0.6) is 0 Å². The van der Waals surface area contributed by atoms with Crippen molar-refractivity contribution in [3.8, 4) is 0 Å². The third-order valence-corrected chi connectivity index (χ3v) is 2.70. The van der Waals surface area contributed by atoms with Crippen molar-refractivity contribution in [3.05, 3.63) is 17.0 Å². The summed E-state index contributed by atoms with van der Waals surface area (Å²) >= 11 is 3.32. The number of anilines is 1. The van der Waals surface area contributed by atoms with Gasteiger partial charge in [0.25, 0.3) is 0 Å². The average Bonchev–Trinajstić information content (AvgIpc) is 2.19. The van der Waals surface area contributed by atoms with Crippen LogP contribution in [0.15, 0.2) is 17.0 Å². The number of hydrogen-bond acceptors (Lipinski definition) is 4. The second-order valence-electron chi connectivity index (χ2n) is 3.39. The first-order chi connectivity index (χ1) is 6.84. The van der Waals surface area contributed by atoms with Crippen LogP contribution in [0, 0.1) is 0 Å². The summed E-state index contributed by atoms with van der Waals surface area (Å²) in [6, 6.07) is 1.88. The molecular weight excluding hydrogens is 244 g/mol. The molecule has 0 amide bonds. The predicted molar refractivity (Wildman–Crippen MR) is 58.8 cm³/mol. The second-order valence-corrected chi connectivity index (χ2v) is 4.20. The van der Waals surface area contributed by atoms with Crippen molar-refractivity contribution in [1.29, 1.82) is 0 Å². The van der Waals surface area contributed by atoms with Crippen molar-refractivity contribution >= 4 is 21.7 Å². The topological polar surface area (TPSA) is 41.0 Å². The molecule has 76 valence electrons. The fraction of sp³-hybridized carbons (Fsp3) is 0.556. The van der Waals surface area contributed by atoms with Crippen molar-refractivity contribution < 1.29 is 0 Å². The number of nitrogens with zero attached hydrogens (tertiary/aromatic N) is 3. The first-order valence-corrected chi connectivity index (χ1v) is 5.63. The summed E-state index contributed by atoms with van der Waals surface area (Å²) in [6.07, 6.45) is 5.42. The SMILES string of the molecule is Brc1cc(NN2CCCCC2)ncn1. The highest BCUT2D eigenvalue weighted by atomic mass is 79.9. The highest BCUT2D eigenvalue weighted by Crippen LogP contribution is 2.13. The summed E-state index contributed by atoms with van der Waals surface area (Å²) in [6.45, 7) is 2.20. The number of aromatic nitrogens is 2. The van der Waals surface area contributed by atoms with E-state index in [1.54, 1.807) is 6.33 Å². The molecule has 0 spiro atoms. The lowest BCUT2D eigenvalue weighted by Gasteiger charge is -2.27. The molecule has 0 atom stereocenters. The average molecular weight is 257 g/mol. The molecular formula is C9H13BrN4. The monoisotopic (exact) mass is 256 g/mol. The zero-order chi connectivity index (χ0) is 9.80. The zero-order valence-electron chi connectivity index (χ0n) is 7.91. The predicted octanol–water partition coefficient (Wildman–Crippen LogP) is 2.05. The molecule has 0 aliphatic carbocycles. The summed E-state index contributed by atoms with van der Waals surface area (Å²) in [5.74, 6) is 0.855. The minimum absolute atomic E-state index is 0.812. The maximum atomic E-state index is 4.14. The molecule has 2 rings (SSSR count). The third kappa shape index (κ3) is 2.65. The number of halogens is 1. The lowest BCUT2D eigenvalue weighted by molar-refractivity contribution is 0.272. The van der Waals surface area contributed by atoms with Crippen molar-refractivity contribution in [3.63, 3.8) is 0 Å². The molecule has 1 fully saturated rings. The Labute approximate surface area is 91.8 Å². The fourth-order valence-corrected chi connectivity index (χ4v) is 1.87. The van der Waals surface area contributed by atoms with Crippen LogP contribution in [0.3, 0.4) is 0 Å².